The molecule has 0 aromatic heterocycles. The van der Waals surface area contributed by atoms with Crippen molar-refractivity contribution in [3.8, 4) is 0 Å². The van der Waals surface area contributed by atoms with E-state index in [0.717, 1.165) is 6.42 Å². The van der Waals surface area contributed by atoms with Gasteiger partial charge in [-0.1, -0.05) is 24.3 Å². The Balaban J connectivity index is 1.39. The monoisotopic (exact) mass is 355 g/mol. The lowest BCUT2D eigenvalue weighted by atomic mass is 9.85. The first kappa shape index (κ1) is 16.4. The number of imide groups is 1. The molecule has 0 radical (unpaired) electrons. The largest absolute Gasteiger partial charge is 0.320 e. The number of hydrogen-bond donors (Lipinski definition) is 1. The molecule has 3 amide bonds. The van der Waals surface area contributed by atoms with Gasteiger partial charge in [0, 0.05) is 19.0 Å². The Hall–Kier alpha value is -3.03. The summed E-state index contributed by atoms with van der Waals surface area (Å²) in [4.78, 5) is 48.8. The van der Waals surface area contributed by atoms with Crippen LogP contribution in [0.1, 0.15) is 12.8 Å². The van der Waals surface area contributed by atoms with Gasteiger partial charge in [-0.15, -0.1) is 0 Å². The van der Waals surface area contributed by atoms with Crippen molar-refractivity contribution in [2.45, 2.75) is 12.8 Å². The number of benzene rings is 1. The molecule has 2 aliphatic carbocycles. The molecule has 8 nitrogen and oxygen atoms in total. The second kappa shape index (κ2) is 6.05. The van der Waals surface area contributed by atoms with Gasteiger partial charge in [0.1, 0.15) is 5.69 Å². The van der Waals surface area contributed by atoms with Gasteiger partial charge in [-0.25, -0.2) is 0 Å². The molecule has 3 aliphatic rings. The molecular formula is C18H17N3O5. The topological polar surface area (TPSA) is 110 Å². The maximum absolute atomic E-state index is 12.6. The molecule has 1 saturated carbocycles. The number of para-hydroxylation sites is 2. The van der Waals surface area contributed by atoms with Crippen LogP contribution in [0.5, 0.6) is 0 Å². The highest BCUT2D eigenvalue weighted by Crippen LogP contribution is 2.52. The van der Waals surface area contributed by atoms with E-state index in [4.69, 9.17) is 0 Å². The van der Waals surface area contributed by atoms with Crippen LogP contribution < -0.4 is 5.32 Å². The minimum atomic E-state index is -0.576. The van der Waals surface area contributed by atoms with Gasteiger partial charge >= 0.3 is 0 Å². The van der Waals surface area contributed by atoms with Gasteiger partial charge in [0.25, 0.3) is 5.69 Å². The van der Waals surface area contributed by atoms with Gasteiger partial charge in [0.15, 0.2) is 0 Å². The summed E-state index contributed by atoms with van der Waals surface area (Å²) in [5.41, 5.74) is -0.105. The van der Waals surface area contributed by atoms with Gasteiger partial charge in [-0.3, -0.25) is 29.4 Å². The number of rotatable bonds is 5. The highest BCUT2D eigenvalue weighted by Gasteiger charge is 2.59. The molecule has 1 aromatic carbocycles. The maximum atomic E-state index is 12.6. The average molecular weight is 355 g/mol. The fourth-order valence-corrected chi connectivity index (χ4v) is 4.35. The Bertz CT molecular complexity index is 819. The van der Waals surface area contributed by atoms with Gasteiger partial charge in [-0.2, -0.15) is 0 Å². The molecule has 1 N–H and O–H groups in total. The molecule has 0 spiro atoms. The molecule has 1 saturated heterocycles. The number of carbonyl (C=O) groups excluding carboxylic acids is 3. The van der Waals surface area contributed by atoms with Gasteiger partial charge < -0.3 is 5.32 Å². The summed E-state index contributed by atoms with van der Waals surface area (Å²) in [6, 6.07) is 5.83. The van der Waals surface area contributed by atoms with E-state index in [1.807, 2.05) is 12.2 Å². The highest BCUT2D eigenvalue weighted by molar-refractivity contribution is 6.06. The number of hydrogen-bond acceptors (Lipinski definition) is 5. The second-order valence-corrected chi connectivity index (χ2v) is 6.90. The van der Waals surface area contributed by atoms with E-state index in [1.165, 1.54) is 23.1 Å². The molecule has 4 rings (SSSR count). The Morgan fingerprint density at radius 3 is 2.38 bits per heavy atom. The third kappa shape index (κ3) is 2.49. The molecule has 2 bridgehead atoms. The Labute approximate surface area is 149 Å². The Morgan fingerprint density at radius 1 is 1.15 bits per heavy atom. The second-order valence-electron chi connectivity index (χ2n) is 6.90. The van der Waals surface area contributed by atoms with Crippen LogP contribution >= 0.6 is 0 Å². The van der Waals surface area contributed by atoms with E-state index in [9.17, 15) is 24.5 Å². The number of nitro groups is 1. The summed E-state index contributed by atoms with van der Waals surface area (Å²) in [6.07, 6.45) is 4.80. The highest BCUT2D eigenvalue weighted by atomic mass is 16.6. The average Bonchev–Trinajstić information content (AvgIpc) is 3.28. The third-order valence-electron chi connectivity index (χ3n) is 5.50. The number of nitrogens with zero attached hydrogens (tertiary/aromatic N) is 2. The van der Waals surface area contributed by atoms with Crippen LogP contribution in [0.2, 0.25) is 0 Å². The zero-order valence-electron chi connectivity index (χ0n) is 13.8. The van der Waals surface area contributed by atoms with Gasteiger partial charge in [0.2, 0.25) is 17.7 Å². The van der Waals surface area contributed by atoms with E-state index in [2.05, 4.69) is 5.32 Å². The van der Waals surface area contributed by atoms with Crippen molar-refractivity contribution in [1.82, 2.24) is 4.90 Å². The number of amides is 3. The number of nitro benzene ring substituents is 1. The Morgan fingerprint density at radius 2 is 1.77 bits per heavy atom. The standard InChI is InChI=1S/C18H17N3O5/c22-14(19-12-3-1-2-4-13(12)21(25)26)7-8-20-17(23)15-10-5-6-11(9-10)16(15)18(20)24/h1-6,10-11,15-16H,7-9H2,(H,19,22). The lowest BCUT2D eigenvalue weighted by Gasteiger charge is -2.16. The van der Waals surface area contributed by atoms with Gasteiger partial charge in [-0.05, 0) is 24.3 Å². The van der Waals surface area contributed by atoms with Crippen LogP contribution in [0.4, 0.5) is 11.4 Å². The summed E-state index contributed by atoms with van der Waals surface area (Å²) in [5, 5.41) is 13.5. The summed E-state index contributed by atoms with van der Waals surface area (Å²) in [5.74, 6) is -1.17. The number of likely N-dealkylation sites (tertiary alicyclic amines) is 1. The van der Waals surface area contributed by atoms with E-state index >= 15 is 0 Å². The molecule has 2 fully saturated rings. The fourth-order valence-electron chi connectivity index (χ4n) is 4.35. The van der Waals surface area contributed by atoms with Crippen molar-refractivity contribution in [1.29, 1.82) is 0 Å². The van der Waals surface area contributed by atoms with Crippen LogP contribution in [0.25, 0.3) is 0 Å². The van der Waals surface area contributed by atoms with Crippen LogP contribution in [-0.4, -0.2) is 34.1 Å². The lowest BCUT2D eigenvalue weighted by molar-refractivity contribution is -0.383. The summed E-state index contributed by atoms with van der Waals surface area (Å²) in [6.45, 7) is -0.00340. The normalized spacial score (nSPS) is 28.5. The van der Waals surface area contributed by atoms with Crippen molar-refractivity contribution in [3.05, 3.63) is 46.5 Å². The number of nitrogens with one attached hydrogen (secondary N) is 1. The number of carbonyl (C=O) groups is 3. The van der Waals surface area contributed by atoms with Crippen molar-refractivity contribution in [3.63, 3.8) is 0 Å². The predicted octanol–water partition coefficient (Wildman–Crippen LogP) is 1.73. The molecular weight excluding hydrogens is 338 g/mol. The summed E-state index contributed by atoms with van der Waals surface area (Å²) >= 11 is 0. The smallest absolute Gasteiger partial charge is 0.292 e. The zero-order valence-corrected chi connectivity index (χ0v) is 13.8. The molecule has 1 heterocycles. The quantitative estimate of drug-likeness (QED) is 0.374. The fraction of sp³-hybridized carbons (Fsp3) is 0.389. The first-order chi connectivity index (χ1) is 12.5. The van der Waals surface area contributed by atoms with E-state index < -0.39 is 10.8 Å². The Kier molecular flexibility index (Phi) is 3.82. The van der Waals surface area contributed by atoms with E-state index in [1.54, 1.807) is 6.07 Å². The van der Waals surface area contributed by atoms with Crippen LogP contribution in [0.15, 0.2) is 36.4 Å². The maximum Gasteiger partial charge on any atom is 0.292 e. The SMILES string of the molecule is O=C(CCN1C(=O)C2C3C=CC(C3)C2C1=O)Nc1ccccc1[N+](=O)[O-]. The number of fused-ring (bicyclic) bond motifs is 5. The van der Waals surface area contributed by atoms with E-state index in [0.29, 0.717) is 0 Å². The molecule has 1 aliphatic heterocycles. The lowest BCUT2D eigenvalue weighted by Crippen LogP contribution is -2.35. The molecule has 8 heteroatoms. The van der Waals surface area contributed by atoms with E-state index in [-0.39, 0.29) is 59.8 Å². The molecule has 4 unspecified atom stereocenters. The molecule has 26 heavy (non-hydrogen) atoms. The summed E-state index contributed by atoms with van der Waals surface area (Å²) < 4.78 is 0. The molecule has 1 aromatic rings. The predicted molar refractivity (Wildman–Crippen MR) is 90.8 cm³/mol. The summed E-state index contributed by atoms with van der Waals surface area (Å²) in [7, 11) is 0. The van der Waals surface area contributed by atoms with Crippen molar-refractivity contribution >= 4 is 29.1 Å². The van der Waals surface area contributed by atoms with Crippen LogP contribution in [0, 0.1) is 33.8 Å². The number of anilines is 1. The van der Waals surface area contributed by atoms with Crippen LogP contribution in [0.3, 0.4) is 0 Å². The van der Waals surface area contributed by atoms with Crippen LogP contribution in [-0.2, 0) is 14.4 Å². The van der Waals surface area contributed by atoms with Crippen molar-refractivity contribution < 1.29 is 19.3 Å². The minimum Gasteiger partial charge on any atom is -0.320 e. The molecule has 134 valence electrons. The first-order valence-electron chi connectivity index (χ1n) is 8.54. The van der Waals surface area contributed by atoms with Gasteiger partial charge in [0.05, 0.1) is 16.8 Å². The number of allylic oxidation sites excluding steroid dienone is 2. The zero-order chi connectivity index (χ0) is 18.4. The molecule has 4 atom stereocenters. The minimum absolute atomic E-state index is 0.00340. The first-order valence-corrected chi connectivity index (χ1v) is 8.54. The van der Waals surface area contributed by atoms with Crippen molar-refractivity contribution in [2.24, 2.45) is 23.7 Å². The third-order valence-corrected chi connectivity index (χ3v) is 5.50. The van der Waals surface area contributed by atoms with Crippen molar-refractivity contribution in [2.75, 3.05) is 11.9 Å².